The zero-order valence-electron chi connectivity index (χ0n) is 17.8. The summed E-state index contributed by atoms with van der Waals surface area (Å²) in [6.07, 6.45) is 2.81. The Morgan fingerprint density at radius 2 is 1.53 bits per heavy atom. The van der Waals surface area contributed by atoms with Gasteiger partial charge in [-0.1, -0.05) is 30.3 Å². The van der Waals surface area contributed by atoms with E-state index in [-0.39, 0.29) is 11.8 Å². The van der Waals surface area contributed by atoms with E-state index in [2.05, 4.69) is 16.0 Å². The number of nitrogens with one attached hydrogen (secondary N) is 1. The number of rotatable bonds is 3. The van der Waals surface area contributed by atoms with E-state index < -0.39 is 0 Å². The van der Waals surface area contributed by atoms with Crippen LogP contribution in [0.4, 0.5) is 11.4 Å². The van der Waals surface area contributed by atoms with E-state index in [9.17, 15) is 9.59 Å². The summed E-state index contributed by atoms with van der Waals surface area (Å²) in [5, 5.41) is 2.91. The van der Waals surface area contributed by atoms with Gasteiger partial charge in [0, 0.05) is 41.7 Å². The van der Waals surface area contributed by atoms with Crippen molar-refractivity contribution in [1.82, 2.24) is 4.57 Å². The van der Waals surface area contributed by atoms with Gasteiger partial charge in [-0.25, -0.2) is 0 Å². The van der Waals surface area contributed by atoms with Crippen LogP contribution in [0.5, 0.6) is 0 Å². The predicted molar refractivity (Wildman–Crippen MR) is 127 cm³/mol. The third-order valence-corrected chi connectivity index (χ3v) is 5.88. The van der Waals surface area contributed by atoms with E-state index >= 15 is 0 Å². The Kier molecular flexibility index (Phi) is 5.07. The van der Waals surface area contributed by atoms with Crippen molar-refractivity contribution in [3.8, 4) is 5.69 Å². The van der Waals surface area contributed by atoms with E-state index in [4.69, 9.17) is 0 Å². The van der Waals surface area contributed by atoms with Crippen LogP contribution in [-0.2, 0) is 6.42 Å². The fourth-order valence-corrected chi connectivity index (χ4v) is 4.19. The molecule has 0 atom stereocenters. The molecule has 2 amide bonds. The van der Waals surface area contributed by atoms with E-state index in [0.29, 0.717) is 23.4 Å². The molecule has 4 aromatic rings. The predicted octanol–water partition coefficient (Wildman–Crippen LogP) is 5.24. The number of anilines is 2. The minimum Gasteiger partial charge on any atom is -0.322 e. The first kappa shape index (κ1) is 19.8. The number of hydrogen-bond donors (Lipinski definition) is 1. The Labute approximate surface area is 186 Å². The van der Waals surface area contributed by atoms with Crippen LogP contribution in [-0.4, -0.2) is 22.9 Å². The summed E-state index contributed by atoms with van der Waals surface area (Å²) < 4.78 is 2.15. The maximum atomic E-state index is 13.4. The summed E-state index contributed by atoms with van der Waals surface area (Å²) in [6.45, 7) is 2.51. The molecule has 5 nitrogen and oxygen atoms in total. The second-order valence-electron chi connectivity index (χ2n) is 7.91. The molecule has 3 aromatic carbocycles. The van der Waals surface area contributed by atoms with Gasteiger partial charge < -0.3 is 14.8 Å². The van der Waals surface area contributed by atoms with Crippen LogP contribution < -0.4 is 10.2 Å². The molecular weight excluding hydrogens is 398 g/mol. The maximum Gasteiger partial charge on any atom is 0.258 e. The largest absolute Gasteiger partial charge is 0.322 e. The molecule has 32 heavy (non-hydrogen) atoms. The van der Waals surface area contributed by atoms with Crippen LogP contribution in [0, 0.1) is 6.92 Å². The lowest BCUT2D eigenvalue weighted by Crippen LogP contribution is -2.32. The van der Waals surface area contributed by atoms with Gasteiger partial charge in [-0.3, -0.25) is 9.59 Å². The van der Waals surface area contributed by atoms with Crippen molar-refractivity contribution in [2.45, 2.75) is 13.3 Å². The Morgan fingerprint density at radius 3 is 2.31 bits per heavy atom. The smallest absolute Gasteiger partial charge is 0.258 e. The molecule has 0 saturated heterocycles. The van der Waals surface area contributed by atoms with Crippen molar-refractivity contribution in [1.29, 1.82) is 0 Å². The number of para-hydroxylation sites is 2. The lowest BCUT2D eigenvalue weighted by molar-refractivity contribution is 0.0986. The Bertz CT molecular complexity index is 1300. The second-order valence-corrected chi connectivity index (χ2v) is 7.91. The summed E-state index contributed by atoms with van der Waals surface area (Å²) in [5.41, 5.74) is 5.87. The second kappa shape index (κ2) is 8.19. The van der Waals surface area contributed by atoms with Gasteiger partial charge in [-0.2, -0.15) is 0 Å². The van der Waals surface area contributed by atoms with Crippen LogP contribution in [0.1, 0.15) is 32.0 Å². The molecule has 0 unspecified atom stereocenters. The topological polar surface area (TPSA) is 54.3 Å². The van der Waals surface area contributed by atoms with Crippen molar-refractivity contribution in [2.24, 2.45) is 0 Å². The summed E-state index contributed by atoms with van der Waals surface area (Å²) in [7, 11) is 0. The molecule has 5 rings (SSSR count). The van der Waals surface area contributed by atoms with Gasteiger partial charge in [0.25, 0.3) is 11.8 Å². The molecule has 0 fully saturated rings. The molecule has 0 saturated carbocycles. The molecule has 1 aromatic heterocycles. The van der Waals surface area contributed by atoms with Crippen LogP contribution in [0.3, 0.4) is 0 Å². The SMILES string of the molecule is Cc1ccccc1C(=O)Nc1ccc(C(=O)N2CCc3cccn3-c3ccccc32)cc1. The van der Waals surface area contributed by atoms with Gasteiger partial charge in [0.05, 0.1) is 11.4 Å². The van der Waals surface area contributed by atoms with E-state index in [1.807, 2.05) is 66.6 Å². The number of benzene rings is 3. The monoisotopic (exact) mass is 421 g/mol. The minimum atomic E-state index is -0.162. The molecule has 0 bridgehead atoms. The molecule has 0 spiro atoms. The zero-order chi connectivity index (χ0) is 22.1. The average Bonchev–Trinajstić information content (AvgIpc) is 3.22. The Hall–Kier alpha value is -4.12. The van der Waals surface area contributed by atoms with E-state index in [0.717, 1.165) is 23.4 Å². The highest BCUT2D eigenvalue weighted by atomic mass is 16.2. The summed E-state index contributed by atoms with van der Waals surface area (Å²) >= 11 is 0. The molecule has 0 aliphatic carbocycles. The number of aromatic nitrogens is 1. The summed E-state index contributed by atoms with van der Waals surface area (Å²) in [5.74, 6) is -0.217. The van der Waals surface area contributed by atoms with Gasteiger partial charge in [-0.05, 0) is 67.1 Å². The molecule has 2 heterocycles. The quantitative estimate of drug-likeness (QED) is 0.492. The molecule has 0 radical (unpaired) electrons. The van der Waals surface area contributed by atoms with E-state index in [1.54, 1.807) is 30.3 Å². The van der Waals surface area contributed by atoms with Gasteiger partial charge in [0.2, 0.25) is 0 Å². The molecule has 1 aliphatic heterocycles. The molecular formula is C27H23N3O2. The third kappa shape index (κ3) is 3.58. The van der Waals surface area contributed by atoms with Crippen LogP contribution in [0.2, 0.25) is 0 Å². The number of carbonyl (C=O) groups is 2. The number of amides is 2. The van der Waals surface area contributed by atoms with Crippen molar-refractivity contribution in [2.75, 3.05) is 16.8 Å². The van der Waals surface area contributed by atoms with Gasteiger partial charge >= 0.3 is 0 Å². The van der Waals surface area contributed by atoms with Crippen molar-refractivity contribution in [3.63, 3.8) is 0 Å². The van der Waals surface area contributed by atoms with Gasteiger partial charge in [0.15, 0.2) is 0 Å². The number of fused-ring (bicyclic) bond motifs is 3. The number of aryl methyl sites for hydroxylation is 1. The number of carbonyl (C=O) groups excluding carboxylic acids is 2. The summed E-state index contributed by atoms with van der Waals surface area (Å²) in [6, 6.07) is 26.6. The van der Waals surface area contributed by atoms with Crippen LogP contribution in [0.25, 0.3) is 5.69 Å². The van der Waals surface area contributed by atoms with E-state index in [1.165, 1.54) is 5.69 Å². The van der Waals surface area contributed by atoms with Gasteiger partial charge in [0.1, 0.15) is 0 Å². The zero-order valence-corrected chi connectivity index (χ0v) is 17.8. The first-order valence-corrected chi connectivity index (χ1v) is 10.7. The third-order valence-electron chi connectivity index (χ3n) is 5.88. The van der Waals surface area contributed by atoms with Gasteiger partial charge in [-0.15, -0.1) is 0 Å². The first-order chi connectivity index (χ1) is 15.6. The normalized spacial score (nSPS) is 12.5. The maximum absolute atomic E-state index is 13.4. The summed E-state index contributed by atoms with van der Waals surface area (Å²) in [4.78, 5) is 27.8. The molecule has 1 aliphatic rings. The molecule has 1 N–H and O–H groups in total. The highest BCUT2D eigenvalue weighted by Gasteiger charge is 2.24. The number of nitrogens with zero attached hydrogens (tertiary/aromatic N) is 2. The van der Waals surface area contributed by atoms with Crippen LogP contribution >= 0.6 is 0 Å². The minimum absolute atomic E-state index is 0.0556. The molecule has 158 valence electrons. The van der Waals surface area contributed by atoms with Crippen molar-refractivity contribution >= 4 is 23.2 Å². The lowest BCUT2D eigenvalue weighted by atomic mass is 10.1. The van der Waals surface area contributed by atoms with Crippen molar-refractivity contribution < 1.29 is 9.59 Å². The van der Waals surface area contributed by atoms with Crippen molar-refractivity contribution in [3.05, 3.63) is 114 Å². The lowest BCUT2D eigenvalue weighted by Gasteiger charge is -2.23. The molecule has 5 heteroatoms. The Balaban J connectivity index is 1.38. The fourth-order valence-electron chi connectivity index (χ4n) is 4.19. The highest BCUT2D eigenvalue weighted by molar-refractivity contribution is 6.08. The highest BCUT2D eigenvalue weighted by Crippen LogP contribution is 2.30. The Morgan fingerprint density at radius 1 is 0.812 bits per heavy atom. The standard InChI is InChI=1S/C27H23N3O2/c1-19-7-2-3-9-23(19)26(31)28-21-14-12-20(13-15-21)27(32)30-18-16-22-8-6-17-29(22)24-10-4-5-11-25(24)30/h2-15,17H,16,18H2,1H3,(H,28,31). The van der Waals surface area contributed by atoms with Crippen LogP contribution in [0.15, 0.2) is 91.1 Å². The first-order valence-electron chi connectivity index (χ1n) is 10.7. The number of hydrogen-bond acceptors (Lipinski definition) is 2. The average molecular weight is 422 g/mol. The fraction of sp³-hybridized carbons (Fsp3) is 0.111.